The lowest BCUT2D eigenvalue weighted by molar-refractivity contribution is -0.385. The van der Waals surface area contributed by atoms with Crippen molar-refractivity contribution >= 4 is 21.6 Å². The SMILES string of the molecule is O=[N+]([O-])c1cc(Br)cc(OC2CNC2)c1. The van der Waals surface area contributed by atoms with Crippen LogP contribution in [0.2, 0.25) is 0 Å². The predicted octanol–water partition coefficient (Wildman–Crippen LogP) is 1.71. The second kappa shape index (κ2) is 4.16. The molecule has 0 aromatic heterocycles. The minimum Gasteiger partial charge on any atom is -0.487 e. The van der Waals surface area contributed by atoms with Crippen molar-refractivity contribution in [2.24, 2.45) is 0 Å². The fourth-order valence-corrected chi connectivity index (χ4v) is 1.72. The third kappa shape index (κ3) is 2.45. The number of rotatable bonds is 3. The smallest absolute Gasteiger partial charge is 0.274 e. The summed E-state index contributed by atoms with van der Waals surface area (Å²) in [6.07, 6.45) is 0.124. The highest BCUT2D eigenvalue weighted by molar-refractivity contribution is 9.10. The van der Waals surface area contributed by atoms with Gasteiger partial charge in [0.2, 0.25) is 0 Å². The van der Waals surface area contributed by atoms with E-state index in [1.54, 1.807) is 6.07 Å². The zero-order valence-electron chi connectivity index (χ0n) is 7.77. The van der Waals surface area contributed by atoms with Gasteiger partial charge in [0.25, 0.3) is 5.69 Å². The topological polar surface area (TPSA) is 64.4 Å². The molecule has 1 fully saturated rings. The molecule has 0 radical (unpaired) electrons. The Morgan fingerprint density at radius 1 is 1.47 bits per heavy atom. The quantitative estimate of drug-likeness (QED) is 0.672. The molecule has 0 amide bonds. The second-order valence-electron chi connectivity index (χ2n) is 3.30. The van der Waals surface area contributed by atoms with E-state index in [0.717, 1.165) is 13.1 Å². The number of benzene rings is 1. The Kier molecular flexibility index (Phi) is 2.88. The Labute approximate surface area is 94.7 Å². The van der Waals surface area contributed by atoms with Crippen molar-refractivity contribution in [1.29, 1.82) is 0 Å². The van der Waals surface area contributed by atoms with Crippen LogP contribution in [0, 0.1) is 10.1 Å². The first kappa shape index (κ1) is 10.4. The molecular weight excluding hydrogens is 264 g/mol. The van der Waals surface area contributed by atoms with E-state index < -0.39 is 4.92 Å². The molecule has 0 aliphatic carbocycles. The molecule has 1 aromatic rings. The lowest BCUT2D eigenvalue weighted by atomic mass is 10.2. The summed E-state index contributed by atoms with van der Waals surface area (Å²) in [5, 5.41) is 13.7. The molecule has 6 heteroatoms. The number of nitro groups is 1. The molecule has 0 atom stereocenters. The summed E-state index contributed by atoms with van der Waals surface area (Å²) in [4.78, 5) is 10.2. The van der Waals surface area contributed by atoms with Crippen LogP contribution in [-0.2, 0) is 0 Å². The van der Waals surface area contributed by atoms with Crippen molar-refractivity contribution in [3.8, 4) is 5.75 Å². The Balaban J connectivity index is 2.18. The van der Waals surface area contributed by atoms with Crippen LogP contribution in [-0.4, -0.2) is 24.1 Å². The van der Waals surface area contributed by atoms with E-state index in [1.165, 1.54) is 12.1 Å². The van der Waals surface area contributed by atoms with Crippen molar-refractivity contribution in [1.82, 2.24) is 5.32 Å². The van der Waals surface area contributed by atoms with Gasteiger partial charge in [0, 0.05) is 23.6 Å². The lowest BCUT2D eigenvalue weighted by Crippen LogP contribution is -2.50. The molecule has 15 heavy (non-hydrogen) atoms. The van der Waals surface area contributed by atoms with Crippen molar-refractivity contribution in [2.75, 3.05) is 13.1 Å². The van der Waals surface area contributed by atoms with E-state index in [0.29, 0.717) is 10.2 Å². The third-order valence-corrected chi connectivity index (χ3v) is 2.57. The zero-order valence-corrected chi connectivity index (χ0v) is 9.36. The average molecular weight is 273 g/mol. The predicted molar refractivity (Wildman–Crippen MR) is 58.1 cm³/mol. The van der Waals surface area contributed by atoms with Gasteiger partial charge in [-0.3, -0.25) is 10.1 Å². The van der Waals surface area contributed by atoms with Crippen LogP contribution in [0.3, 0.4) is 0 Å². The van der Waals surface area contributed by atoms with Gasteiger partial charge < -0.3 is 10.1 Å². The molecule has 0 bridgehead atoms. The maximum absolute atomic E-state index is 10.6. The number of nitrogens with zero attached hydrogens (tertiary/aromatic N) is 1. The molecule has 80 valence electrons. The van der Waals surface area contributed by atoms with Crippen LogP contribution in [0.1, 0.15) is 0 Å². The first-order chi connectivity index (χ1) is 7.15. The Hall–Kier alpha value is -1.14. The first-order valence-electron chi connectivity index (χ1n) is 4.47. The molecule has 1 aliphatic heterocycles. The fourth-order valence-electron chi connectivity index (χ4n) is 1.26. The monoisotopic (exact) mass is 272 g/mol. The molecule has 0 saturated carbocycles. The maximum Gasteiger partial charge on any atom is 0.274 e. The van der Waals surface area contributed by atoms with Gasteiger partial charge in [-0.05, 0) is 6.07 Å². The van der Waals surface area contributed by atoms with E-state index in [2.05, 4.69) is 21.2 Å². The van der Waals surface area contributed by atoms with Crippen LogP contribution in [0.4, 0.5) is 5.69 Å². The van der Waals surface area contributed by atoms with Gasteiger partial charge in [-0.1, -0.05) is 15.9 Å². The van der Waals surface area contributed by atoms with Gasteiger partial charge >= 0.3 is 0 Å². The molecule has 1 N–H and O–H groups in total. The molecule has 2 rings (SSSR count). The normalized spacial score (nSPS) is 15.8. The summed E-state index contributed by atoms with van der Waals surface area (Å²) >= 11 is 3.21. The molecule has 1 aliphatic rings. The molecule has 1 saturated heterocycles. The van der Waals surface area contributed by atoms with Crippen molar-refractivity contribution in [3.63, 3.8) is 0 Å². The number of nitro benzene ring substituents is 1. The summed E-state index contributed by atoms with van der Waals surface area (Å²) in [5.41, 5.74) is 0.0339. The summed E-state index contributed by atoms with van der Waals surface area (Å²) in [6.45, 7) is 1.58. The highest BCUT2D eigenvalue weighted by Gasteiger charge is 2.19. The largest absolute Gasteiger partial charge is 0.487 e. The third-order valence-electron chi connectivity index (χ3n) is 2.11. The van der Waals surface area contributed by atoms with Crippen LogP contribution >= 0.6 is 15.9 Å². The standard InChI is InChI=1S/C9H9BrN2O3/c10-6-1-7(12(13)14)3-8(2-6)15-9-4-11-5-9/h1-3,9,11H,4-5H2. The van der Waals surface area contributed by atoms with Crippen LogP contribution in [0.15, 0.2) is 22.7 Å². The fraction of sp³-hybridized carbons (Fsp3) is 0.333. The number of halogens is 1. The number of non-ortho nitro benzene ring substituents is 1. The van der Waals surface area contributed by atoms with E-state index in [1.807, 2.05) is 0 Å². The molecule has 5 nitrogen and oxygen atoms in total. The van der Waals surface area contributed by atoms with Crippen molar-refractivity contribution < 1.29 is 9.66 Å². The number of hydrogen-bond acceptors (Lipinski definition) is 4. The second-order valence-corrected chi connectivity index (χ2v) is 4.22. The van der Waals surface area contributed by atoms with Gasteiger partial charge in [0.15, 0.2) is 0 Å². The van der Waals surface area contributed by atoms with Gasteiger partial charge in [-0.2, -0.15) is 0 Å². The van der Waals surface area contributed by atoms with Crippen LogP contribution in [0.5, 0.6) is 5.75 Å². The Bertz CT molecular complexity index is 393. The molecule has 0 spiro atoms. The molecular formula is C9H9BrN2O3. The molecule has 1 heterocycles. The summed E-state index contributed by atoms with van der Waals surface area (Å²) in [6, 6.07) is 4.61. The number of hydrogen-bond donors (Lipinski definition) is 1. The van der Waals surface area contributed by atoms with E-state index in [4.69, 9.17) is 4.74 Å². The maximum atomic E-state index is 10.6. The summed E-state index contributed by atoms with van der Waals surface area (Å²) in [7, 11) is 0. The number of nitrogens with one attached hydrogen (secondary N) is 1. The highest BCUT2D eigenvalue weighted by Crippen LogP contribution is 2.27. The molecule has 0 unspecified atom stereocenters. The van der Waals surface area contributed by atoms with E-state index in [-0.39, 0.29) is 11.8 Å². The van der Waals surface area contributed by atoms with Gasteiger partial charge in [-0.25, -0.2) is 0 Å². The summed E-state index contributed by atoms with van der Waals surface area (Å²) < 4.78 is 6.18. The van der Waals surface area contributed by atoms with Crippen molar-refractivity contribution in [2.45, 2.75) is 6.10 Å². The lowest BCUT2D eigenvalue weighted by Gasteiger charge is -2.27. The van der Waals surface area contributed by atoms with E-state index >= 15 is 0 Å². The Morgan fingerprint density at radius 3 is 2.73 bits per heavy atom. The minimum atomic E-state index is -0.434. The minimum absolute atomic E-state index is 0.0339. The Morgan fingerprint density at radius 2 is 2.20 bits per heavy atom. The van der Waals surface area contributed by atoms with Crippen LogP contribution in [0.25, 0.3) is 0 Å². The van der Waals surface area contributed by atoms with Crippen LogP contribution < -0.4 is 10.1 Å². The number of ether oxygens (including phenoxy) is 1. The summed E-state index contributed by atoms with van der Waals surface area (Å²) in [5.74, 6) is 0.530. The van der Waals surface area contributed by atoms with Gasteiger partial charge in [0.1, 0.15) is 11.9 Å². The van der Waals surface area contributed by atoms with Gasteiger partial charge in [-0.15, -0.1) is 0 Å². The van der Waals surface area contributed by atoms with E-state index in [9.17, 15) is 10.1 Å². The first-order valence-corrected chi connectivity index (χ1v) is 5.27. The average Bonchev–Trinajstić information content (AvgIpc) is 2.10. The van der Waals surface area contributed by atoms with Crippen molar-refractivity contribution in [3.05, 3.63) is 32.8 Å². The zero-order chi connectivity index (χ0) is 10.8. The molecule has 1 aromatic carbocycles. The van der Waals surface area contributed by atoms with Gasteiger partial charge in [0.05, 0.1) is 11.0 Å². The highest BCUT2D eigenvalue weighted by atomic mass is 79.9.